The van der Waals surface area contributed by atoms with E-state index in [2.05, 4.69) is 5.32 Å². The first-order chi connectivity index (χ1) is 15.5. The highest BCUT2D eigenvalue weighted by atomic mass is 35.5. The lowest BCUT2D eigenvalue weighted by atomic mass is 10.2. The van der Waals surface area contributed by atoms with Gasteiger partial charge < -0.3 is 10.1 Å². The van der Waals surface area contributed by atoms with E-state index < -0.39 is 21.7 Å². The molecule has 33 heavy (non-hydrogen) atoms. The third-order valence-corrected chi connectivity index (χ3v) is 6.59. The molecule has 0 aliphatic heterocycles. The van der Waals surface area contributed by atoms with Gasteiger partial charge in [-0.05, 0) is 54.1 Å². The van der Waals surface area contributed by atoms with Crippen LogP contribution < -0.4 is 14.4 Å². The number of anilines is 2. The molecule has 11 heteroatoms. The Bertz CT molecular complexity index is 1250. The number of hydrogen-bond acceptors (Lipinski definition) is 4. The molecular weight excluding hydrogens is 514 g/mol. The SMILES string of the molecule is CS(=O)(=O)N(Cc1ccc(F)cc1)c1ccc(OCC(=O)Nc2cc(Cl)c(Cl)cc2Cl)cc1. The van der Waals surface area contributed by atoms with Crippen LogP contribution in [0.3, 0.4) is 0 Å². The Kier molecular flexibility index (Phi) is 8.07. The Morgan fingerprint density at radius 2 is 1.58 bits per heavy atom. The summed E-state index contributed by atoms with van der Waals surface area (Å²) in [5.41, 5.74) is 1.31. The van der Waals surface area contributed by atoms with Crippen LogP contribution >= 0.6 is 34.8 Å². The molecular formula is C22H18Cl3FN2O4S. The van der Waals surface area contributed by atoms with E-state index in [0.29, 0.717) is 22.7 Å². The molecule has 0 spiro atoms. The Labute approximate surface area is 205 Å². The zero-order valence-electron chi connectivity index (χ0n) is 17.2. The molecule has 0 saturated carbocycles. The Balaban J connectivity index is 1.65. The first-order valence-corrected chi connectivity index (χ1v) is 12.4. The van der Waals surface area contributed by atoms with Crippen molar-refractivity contribution in [2.45, 2.75) is 6.54 Å². The number of benzene rings is 3. The molecule has 1 N–H and O–H groups in total. The van der Waals surface area contributed by atoms with Crippen molar-refractivity contribution < 1.29 is 22.3 Å². The lowest BCUT2D eigenvalue weighted by molar-refractivity contribution is -0.118. The van der Waals surface area contributed by atoms with Crippen molar-refractivity contribution in [1.29, 1.82) is 0 Å². The lowest BCUT2D eigenvalue weighted by Gasteiger charge is -2.22. The van der Waals surface area contributed by atoms with Gasteiger partial charge in [0.2, 0.25) is 10.0 Å². The van der Waals surface area contributed by atoms with Crippen LogP contribution in [0.15, 0.2) is 60.7 Å². The molecule has 0 fully saturated rings. The number of nitrogens with one attached hydrogen (secondary N) is 1. The van der Waals surface area contributed by atoms with Gasteiger partial charge in [-0.1, -0.05) is 46.9 Å². The van der Waals surface area contributed by atoms with Crippen LogP contribution in [-0.4, -0.2) is 27.2 Å². The van der Waals surface area contributed by atoms with Crippen molar-refractivity contribution in [3.05, 3.63) is 87.1 Å². The monoisotopic (exact) mass is 530 g/mol. The molecule has 3 aromatic carbocycles. The predicted octanol–water partition coefficient (Wildman–Crippen LogP) is 5.77. The van der Waals surface area contributed by atoms with Gasteiger partial charge in [0, 0.05) is 0 Å². The van der Waals surface area contributed by atoms with Gasteiger partial charge in [-0.2, -0.15) is 0 Å². The second-order valence-corrected chi connectivity index (χ2v) is 10.1. The van der Waals surface area contributed by atoms with Crippen LogP contribution in [0.2, 0.25) is 15.1 Å². The van der Waals surface area contributed by atoms with Gasteiger partial charge in [-0.25, -0.2) is 12.8 Å². The molecule has 0 saturated heterocycles. The van der Waals surface area contributed by atoms with E-state index in [0.717, 1.165) is 6.26 Å². The second-order valence-electron chi connectivity index (χ2n) is 6.97. The minimum absolute atomic E-state index is 0.0339. The molecule has 0 aliphatic carbocycles. The van der Waals surface area contributed by atoms with E-state index in [1.54, 1.807) is 12.1 Å². The summed E-state index contributed by atoms with van der Waals surface area (Å²) >= 11 is 17.8. The molecule has 0 unspecified atom stereocenters. The third-order valence-electron chi connectivity index (χ3n) is 4.42. The van der Waals surface area contributed by atoms with Crippen molar-refractivity contribution in [2.24, 2.45) is 0 Å². The Morgan fingerprint density at radius 3 is 2.18 bits per heavy atom. The van der Waals surface area contributed by atoms with Crippen LogP contribution in [0.4, 0.5) is 15.8 Å². The van der Waals surface area contributed by atoms with Gasteiger partial charge in [0.15, 0.2) is 6.61 Å². The molecule has 0 atom stereocenters. The summed E-state index contributed by atoms with van der Waals surface area (Å²) in [6, 6.07) is 14.6. The second kappa shape index (κ2) is 10.6. The van der Waals surface area contributed by atoms with Gasteiger partial charge in [-0.15, -0.1) is 0 Å². The topological polar surface area (TPSA) is 75.7 Å². The maximum atomic E-state index is 13.1. The Morgan fingerprint density at radius 1 is 0.970 bits per heavy atom. The van der Waals surface area contributed by atoms with E-state index in [4.69, 9.17) is 39.5 Å². The first kappa shape index (κ1) is 25.1. The number of sulfonamides is 1. The quantitative estimate of drug-likeness (QED) is 0.375. The van der Waals surface area contributed by atoms with Gasteiger partial charge in [-0.3, -0.25) is 9.10 Å². The summed E-state index contributed by atoms with van der Waals surface area (Å²) in [4.78, 5) is 12.2. The number of nitrogens with zero attached hydrogens (tertiary/aromatic N) is 1. The molecule has 0 bridgehead atoms. The fourth-order valence-electron chi connectivity index (χ4n) is 2.82. The molecule has 0 radical (unpaired) electrons. The lowest BCUT2D eigenvalue weighted by Crippen LogP contribution is -2.29. The summed E-state index contributed by atoms with van der Waals surface area (Å²) in [7, 11) is -3.61. The number of ether oxygens (including phenoxy) is 1. The summed E-state index contributed by atoms with van der Waals surface area (Å²) in [5.74, 6) is -0.533. The maximum absolute atomic E-state index is 13.1. The fraction of sp³-hybridized carbons (Fsp3) is 0.136. The summed E-state index contributed by atoms with van der Waals surface area (Å²) in [6.07, 6.45) is 1.08. The molecule has 0 aromatic heterocycles. The van der Waals surface area contributed by atoms with Crippen LogP contribution in [0, 0.1) is 5.82 Å². The van der Waals surface area contributed by atoms with E-state index >= 15 is 0 Å². The predicted molar refractivity (Wildman–Crippen MR) is 129 cm³/mol. The highest BCUT2D eigenvalue weighted by Gasteiger charge is 2.18. The zero-order valence-corrected chi connectivity index (χ0v) is 20.3. The Hall–Kier alpha value is -2.52. The smallest absolute Gasteiger partial charge is 0.262 e. The summed E-state index contributed by atoms with van der Waals surface area (Å²) in [6.45, 7) is -0.284. The number of amides is 1. The molecule has 1 amide bonds. The van der Waals surface area contributed by atoms with Gasteiger partial charge in [0.25, 0.3) is 5.91 Å². The maximum Gasteiger partial charge on any atom is 0.262 e. The van der Waals surface area contributed by atoms with E-state index in [-0.39, 0.29) is 28.2 Å². The van der Waals surface area contributed by atoms with E-state index in [1.165, 1.54) is 52.8 Å². The molecule has 0 aliphatic rings. The largest absolute Gasteiger partial charge is 0.484 e. The third kappa shape index (κ3) is 6.98. The fourth-order valence-corrected chi connectivity index (χ4v) is 4.30. The van der Waals surface area contributed by atoms with Crippen LogP contribution in [0.1, 0.15) is 5.56 Å². The van der Waals surface area contributed by atoms with Gasteiger partial charge in [0.05, 0.1) is 39.2 Å². The van der Waals surface area contributed by atoms with Crippen molar-refractivity contribution in [1.82, 2.24) is 0 Å². The molecule has 0 heterocycles. The zero-order chi connectivity index (χ0) is 24.2. The highest BCUT2D eigenvalue weighted by molar-refractivity contribution is 7.92. The van der Waals surface area contributed by atoms with Crippen molar-refractivity contribution in [3.63, 3.8) is 0 Å². The van der Waals surface area contributed by atoms with Crippen molar-refractivity contribution >= 4 is 62.1 Å². The number of halogens is 4. The van der Waals surface area contributed by atoms with Crippen molar-refractivity contribution in [2.75, 3.05) is 22.5 Å². The van der Waals surface area contributed by atoms with Crippen LogP contribution in [0.25, 0.3) is 0 Å². The van der Waals surface area contributed by atoms with Crippen LogP contribution in [0.5, 0.6) is 5.75 Å². The average molecular weight is 532 g/mol. The summed E-state index contributed by atoms with van der Waals surface area (Å²) in [5, 5.41) is 3.30. The van der Waals surface area contributed by atoms with Gasteiger partial charge in [0.1, 0.15) is 11.6 Å². The number of carbonyl (C=O) groups excluding carboxylic acids is 1. The normalized spacial score (nSPS) is 11.2. The van der Waals surface area contributed by atoms with Crippen molar-refractivity contribution in [3.8, 4) is 5.75 Å². The number of carbonyl (C=O) groups is 1. The summed E-state index contributed by atoms with van der Waals surface area (Å²) < 4.78 is 44.4. The van der Waals surface area contributed by atoms with E-state index in [9.17, 15) is 17.6 Å². The highest BCUT2D eigenvalue weighted by Crippen LogP contribution is 2.32. The molecule has 6 nitrogen and oxygen atoms in total. The van der Waals surface area contributed by atoms with Gasteiger partial charge >= 0.3 is 0 Å². The average Bonchev–Trinajstić information content (AvgIpc) is 2.75. The van der Waals surface area contributed by atoms with Crippen LogP contribution in [-0.2, 0) is 21.4 Å². The number of hydrogen-bond donors (Lipinski definition) is 1. The molecule has 174 valence electrons. The minimum Gasteiger partial charge on any atom is -0.484 e. The minimum atomic E-state index is -3.61. The molecule has 3 rings (SSSR count). The first-order valence-electron chi connectivity index (χ1n) is 9.42. The standard InChI is InChI=1S/C22H18Cl3FN2O4S/c1-33(30,31)28(12-14-2-4-15(26)5-3-14)16-6-8-17(9-7-16)32-13-22(29)27-21-11-19(24)18(23)10-20(21)25/h2-11H,12-13H2,1H3,(H,27,29). The molecule has 3 aromatic rings. The number of rotatable bonds is 8. The van der Waals surface area contributed by atoms with E-state index in [1.807, 2.05) is 0 Å².